The van der Waals surface area contributed by atoms with Crippen molar-refractivity contribution in [2.45, 2.75) is 12.2 Å². The third-order valence-electron chi connectivity index (χ3n) is 2.57. The van der Waals surface area contributed by atoms with E-state index in [9.17, 15) is 13.2 Å². The molecule has 1 aromatic rings. The standard InChI is InChI=1S/C13H15ClN2O3S/c1-9(20(2,18)19)13(17)16-11-5-6-12(14)10(8-11)4-3-7-15/h5-6,8-9H,7,15H2,1-2H3,(H,16,17). The van der Waals surface area contributed by atoms with E-state index in [-0.39, 0.29) is 6.54 Å². The van der Waals surface area contributed by atoms with Gasteiger partial charge in [0.2, 0.25) is 5.91 Å². The van der Waals surface area contributed by atoms with E-state index < -0.39 is 21.0 Å². The molecule has 0 aliphatic rings. The maximum absolute atomic E-state index is 11.8. The lowest BCUT2D eigenvalue weighted by atomic mass is 10.2. The fraction of sp³-hybridized carbons (Fsp3) is 0.308. The summed E-state index contributed by atoms with van der Waals surface area (Å²) >= 11 is 5.95. The zero-order chi connectivity index (χ0) is 15.3. The number of halogens is 1. The summed E-state index contributed by atoms with van der Waals surface area (Å²) in [7, 11) is -3.44. The molecular formula is C13H15ClN2O3S. The van der Waals surface area contributed by atoms with Gasteiger partial charge in [0.25, 0.3) is 0 Å². The molecule has 1 rings (SSSR count). The number of amides is 1. The zero-order valence-corrected chi connectivity index (χ0v) is 12.7. The van der Waals surface area contributed by atoms with Gasteiger partial charge in [0.05, 0.1) is 11.6 Å². The quantitative estimate of drug-likeness (QED) is 0.815. The van der Waals surface area contributed by atoms with Crippen LogP contribution in [0.1, 0.15) is 12.5 Å². The van der Waals surface area contributed by atoms with Crippen LogP contribution >= 0.6 is 11.6 Å². The third kappa shape index (κ3) is 4.53. The van der Waals surface area contributed by atoms with E-state index in [2.05, 4.69) is 17.2 Å². The molecule has 0 aliphatic carbocycles. The Morgan fingerprint density at radius 3 is 2.70 bits per heavy atom. The van der Waals surface area contributed by atoms with E-state index in [0.29, 0.717) is 16.3 Å². The molecule has 1 aromatic carbocycles. The topological polar surface area (TPSA) is 89.3 Å². The summed E-state index contributed by atoms with van der Waals surface area (Å²) in [6.07, 6.45) is 1.01. The third-order valence-corrected chi connectivity index (χ3v) is 4.40. The van der Waals surface area contributed by atoms with E-state index in [0.717, 1.165) is 6.26 Å². The molecule has 20 heavy (non-hydrogen) atoms. The Morgan fingerprint density at radius 2 is 2.15 bits per heavy atom. The van der Waals surface area contributed by atoms with Crippen molar-refractivity contribution in [1.82, 2.24) is 0 Å². The van der Waals surface area contributed by atoms with Crippen LogP contribution in [0.3, 0.4) is 0 Å². The second kappa shape index (κ2) is 6.75. The van der Waals surface area contributed by atoms with E-state index in [4.69, 9.17) is 17.3 Å². The Morgan fingerprint density at radius 1 is 1.50 bits per heavy atom. The van der Waals surface area contributed by atoms with Crippen LogP contribution in [0.5, 0.6) is 0 Å². The van der Waals surface area contributed by atoms with Gasteiger partial charge in [0, 0.05) is 17.5 Å². The highest BCUT2D eigenvalue weighted by atomic mass is 35.5. The van der Waals surface area contributed by atoms with Crippen LogP contribution in [0.25, 0.3) is 0 Å². The number of nitrogens with one attached hydrogen (secondary N) is 1. The van der Waals surface area contributed by atoms with Crippen LogP contribution in [0, 0.1) is 11.8 Å². The van der Waals surface area contributed by atoms with Crippen LogP contribution < -0.4 is 11.1 Å². The molecule has 1 unspecified atom stereocenters. The summed E-state index contributed by atoms with van der Waals surface area (Å²) in [5, 5.41) is 1.82. The highest BCUT2D eigenvalue weighted by Crippen LogP contribution is 2.20. The average Bonchev–Trinajstić information content (AvgIpc) is 2.37. The molecule has 0 saturated heterocycles. The van der Waals surface area contributed by atoms with Gasteiger partial charge in [-0.2, -0.15) is 0 Å². The lowest BCUT2D eigenvalue weighted by Gasteiger charge is -2.11. The predicted molar refractivity (Wildman–Crippen MR) is 80.3 cm³/mol. The van der Waals surface area contributed by atoms with Gasteiger partial charge in [-0.15, -0.1) is 0 Å². The molecule has 1 amide bonds. The SMILES string of the molecule is CC(C(=O)Nc1ccc(Cl)c(C#CCN)c1)S(C)(=O)=O. The molecule has 0 saturated carbocycles. The van der Waals surface area contributed by atoms with Gasteiger partial charge >= 0.3 is 0 Å². The normalized spacial score (nSPS) is 12.2. The second-order valence-corrected chi connectivity index (χ2v) is 6.93. The van der Waals surface area contributed by atoms with Crippen LogP contribution in [-0.2, 0) is 14.6 Å². The van der Waals surface area contributed by atoms with Gasteiger partial charge in [-0.3, -0.25) is 4.79 Å². The van der Waals surface area contributed by atoms with Gasteiger partial charge < -0.3 is 11.1 Å². The Hall–Kier alpha value is -1.55. The van der Waals surface area contributed by atoms with Gasteiger partial charge in [-0.05, 0) is 25.1 Å². The summed E-state index contributed by atoms with van der Waals surface area (Å²) in [4.78, 5) is 11.8. The number of carbonyl (C=O) groups is 1. The molecule has 0 aromatic heterocycles. The molecule has 0 aliphatic heterocycles. The fourth-order valence-corrected chi connectivity index (χ4v) is 1.90. The molecular weight excluding hydrogens is 300 g/mol. The maximum atomic E-state index is 11.8. The average molecular weight is 315 g/mol. The lowest BCUT2D eigenvalue weighted by Crippen LogP contribution is -2.31. The number of hydrogen-bond acceptors (Lipinski definition) is 4. The van der Waals surface area contributed by atoms with Crippen molar-refractivity contribution < 1.29 is 13.2 Å². The van der Waals surface area contributed by atoms with Crippen molar-refractivity contribution in [2.24, 2.45) is 5.73 Å². The van der Waals surface area contributed by atoms with Crippen molar-refractivity contribution in [3.8, 4) is 11.8 Å². The van der Waals surface area contributed by atoms with E-state index in [1.54, 1.807) is 18.2 Å². The summed E-state index contributed by atoms with van der Waals surface area (Å²) < 4.78 is 22.6. The predicted octanol–water partition coefficient (Wildman–Crippen LogP) is 1.02. The Bertz CT molecular complexity index is 675. The monoisotopic (exact) mass is 314 g/mol. The largest absolute Gasteiger partial charge is 0.325 e. The van der Waals surface area contributed by atoms with E-state index >= 15 is 0 Å². The Balaban J connectivity index is 2.97. The van der Waals surface area contributed by atoms with Gasteiger partial charge in [-0.25, -0.2) is 8.42 Å². The number of nitrogens with two attached hydrogens (primary N) is 1. The first-order chi connectivity index (χ1) is 9.25. The van der Waals surface area contributed by atoms with Crippen LogP contribution in [0.2, 0.25) is 5.02 Å². The second-order valence-electron chi connectivity index (χ2n) is 4.16. The van der Waals surface area contributed by atoms with Crippen LogP contribution in [0.4, 0.5) is 5.69 Å². The number of anilines is 1. The number of rotatable bonds is 3. The van der Waals surface area contributed by atoms with Crippen LogP contribution in [-0.4, -0.2) is 32.4 Å². The minimum atomic E-state index is -3.44. The van der Waals surface area contributed by atoms with Crippen molar-refractivity contribution >= 4 is 33.0 Å². The van der Waals surface area contributed by atoms with E-state index in [1.165, 1.54) is 6.92 Å². The number of carbonyl (C=O) groups excluding carboxylic acids is 1. The first kappa shape index (κ1) is 16.5. The number of hydrogen-bond donors (Lipinski definition) is 2. The highest BCUT2D eigenvalue weighted by molar-refractivity contribution is 7.92. The van der Waals surface area contributed by atoms with Crippen molar-refractivity contribution in [3.05, 3.63) is 28.8 Å². The molecule has 1 atom stereocenters. The van der Waals surface area contributed by atoms with Gasteiger partial charge in [-0.1, -0.05) is 23.4 Å². The summed E-state index contributed by atoms with van der Waals surface area (Å²) in [5.41, 5.74) is 6.22. The van der Waals surface area contributed by atoms with Crippen molar-refractivity contribution in [3.63, 3.8) is 0 Å². The first-order valence-corrected chi connectivity index (χ1v) is 8.07. The zero-order valence-electron chi connectivity index (χ0n) is 11.1. The first-order valence-electron chi connectivity index (χ1n) is 5.74. The minimum Gasteiger partial charge on any atom is -0.325 e. The summed E-state index contributed by atoms with van der Waals surface area (Å²) in [5.74, 6) is 4.82. The summed E-state index contributed by atoms with van der Waals surface area (Å²) in [6.45, 7) is 1.52. The highest BCUT2D eigenvalue weighted by Gasteiger charge is 2.23. The van der Waals surface area contributed by atoms with Crippen molar-refractivity contribution in [1.29, 1.82) is 0 Å². The molecule has 5 nitrogen and oxygen atoms in total. The molecule has 0 fully saturated rings. The summed E-state index contributed by atoms with van der Waals surface area (Å²) in [6, 6.07) is 4.71. The van der Waals surface area contributed by atoms with Crippen LogP contribution in [0.15, 0.2) is 18.2 Å². The lowest BCUT2D eigenvalue weighted by molar-refractivity contribution is -0.115. The Kier molecular flexibility index (Phi) is 5.57. The van der Waals surface area contributed by atoms with Gasteiger partial charge in [0.15, 0.2) is 9.84 Å². The molecule has 0 bridgehead atoms. The molecule has 7 heteroatoms. The minimum absolute atomic E-state index is 0.192. The van der Waals surface area contributed by atoms with Crippen molar-refractivity contribution in [2.75, 3.05) is 18.1 Å². The fourth-order valence-electron chi connectivity index (χ4n) is 1.28. The Labute approximate surface area is 123 Å². The van der Waals surface area contributed by atoms with Gasteiger partial charge in [0.1, 0.15) is 5.25 Å². The van der Waals surface area contributed by atoms with E-state index in [1.807, 2.05) is 0 Å². The molecule has 0 spiro atoms. The maximum Gasteiger partial charge on any atom is 0.242 e. The number of benzene rings is 1. The molecule has 3 N–H and O–H groups in total. The number of sulfone groups is 1. The molecule has 108 valence electrons. The smallest absolute Gasteiger partial charge is 0.242 e. The molecule has 0 heterocycles. The molecule has 0 radical (unpaired) electrons.